The summed E-state index contributed by atoms with van der Waals surface area (Å²) in [7, 11) is 2.04. The van der Waals surface area contributed by atoms with Gasteiger partial charge in [-0.1, -0.05) is 23.8 Å². The predicted molar refractivity (Wildman–Crippen MR) is 96.3 cm³/mol. The minimum atomic E-state index is -0.0329. The number of aromatic nitrogens is 1. The number of fused-ring (bicyclic) bond motifs is 1. The Balaban J connectivity index is 1.62. The Morgan fingerprint density at radius 3 is 2.83 bits per heavy atom. The molecule has 0 radical (unpaired) electrons. The molecular formula is C20H19N3O. The highest BCUT2D eigenvalue weighted by molar-refractivity contribution is 6.06. The van der Waals surface area contributed by atoms with Crippen LogP contribution in [-0.2, 0) is 7.05 Å². The Bertz CT molecular complexity index is 968. The zero-order chi connectivity index (χ0) is 16.7. The lowest BCUT2D eigenvalue weighted by Crippen LogP contribution is -2.23. The minimum absolute atomic E-state index is 0.0329. The van der Waals surface area contributed by atoms with Gasteiger partial charge in [-0.25, -0.2) is 5.01 Å². The van der Waals surface area contributed by atoms with Gasteiger partial charge >= 0.3 is 0 Å². The predicted octanol–water partition coefficient (Wildman–Crippen LogP) is 3.74. The van der Waals surface area contributed by atoms with E-state index < -0.39 is 0 Å². The summed E-state index contributed by atoms with van der Waals surface area (Å²) < 4.78 is 2.10. The molecule has 0 atom stereocenters. The van der Waals surface area contributed by atoms with Crippen LogP contribution in [0.25, 0.3) is 10.9 Å². The average Bonchev–Trinajstić information content (AvgIpc) is 3.21. The van der Waals surface area contributed by atoms with Gasteiger partial charge in [0.15, 0.2) is 0 Å². The molecule has 1 aliphatic rings. The van der Waals surface area contributed by atoms with Crippen molar-refractivity contribution in [1.82, 2.24) is 9.58 Å². The van der Waals surface area contributed by atoms with Crippen LogP contribution in [0.5, 0.6) is 0 Å². The summed E-state index contributed by atoms with van der Waals surface area (Å²) in [6.45, 7) is 2.62. The third kappa shape index (κ3) is 2.50. The number of hydrogen-bond acceptors (Lipinski definition) is 2. The Kier molecular flexibility index (Phi) is 3.45. The first-order valence-corrected chi connectivity index (χ1v) is 8.13. The SMILES string of the molecule is Cc1cccc(C(=O)N2CCC(c3ccc4c(ccn4C)c3)=N2)c1. The van der Waals surface area contributed by atoms with Crippen LogP contribution in [0.15, 0.2) is 59.8 Å². The molecule has 0 aliphatic carbocycles. The zero-order valence-electron chi connectivity index (χ0n) is 13.9. The Morgan fingerprint density at radius 1 is 1.12 bits per heavy atom. The van der Waals surface area contributed by atoms with E-state index in [9.17, 15) is 4.79 Å². The standard InChI is InChI=1S/C20H19N3O/c1-14-4-3-5-17(12-14)20(24)23-11-9-18(21-23)15-6-7-19-16(13-15)8-10-22(19)2/h3-8,10,12-13H,9,11H2,1-2H3. The van der Waals surface area contributed by atoms with Gasteiger partial charge in [0.1, 0.15) is 0 Å². The molecule has 0 bridgehead atoms. The molecule has 3 aromatic rings. The van der Waals surface area contributed by atoms with Crippen molar-refractivity contribution in [3.8, 4) is 0 Å². The number of amides is 1. The van der Waals surface area contributed by atoms with Crippen LogP contribution in [-0.4, -0.2) is 27.7 Å². The van der Waals surface area contributed by atoms with E-state index in [1.54, 1.807) is 5.01 Å². The lowest BCUT2D eigenvalue weighted by atomic mass is 10.1. The molecule has 0 saturated carbocycles. The van der Waals surface area contributed by atoms with Crippen LogP contribution in [0.1, 0.15) is 27.9 Å². The Morgan fingerprint density at radius 2 is 2.00 bits per heavy atom. The highest BCUT2D eigenvalue weighted by atomic mass is 16.2. The fraction of sp³-hybridized carbons (Fsp3) is 0.200. The molecule has 1 amide bonds. The van der Waals surface area contributed by atoms with Crippen LogP contribution in [0.3, 0.4) is 0 Å². The van der Waals surface area contributed by atoms with Gasteiger partial charge in [-0.05, 0) is 42.8 Å². The summed E-state index contributed by atoms with van der Waals surface area (Å²) >= 11 is 0. The van der Waals surface area contributed by atoms with E-state index in [4.69, 9.17) is 0 Å². The van der Waals surface area contributed by atoms with Gasteiger partial charge in [-0.2, -0.15) is 5.10 Å². The number of nitrogens with zero attached hydrogens (tertiary/aromatic N) is 3. The summed E-state index contributed by atoms with van der Waals surface area (Å²) in [6, 6.07) is 16.1. The molecule has 1 aliphatic heterocycles. The van der Waals surface area contributed by atoms with Crippen LogP contribution in [0.4, 0.5) is 0 Å². The van der Waals surface area contributed by atoms with E-state index in [0.717, 1.165) is 23.3 Å². The molecule has 0 N–H and O–H groups in total. The summed E-state index contributed by atoms with van der Waals surface area (Å²) in [5.41, 5.74) is 5.04. The molecule has 2 aromatic carbocycles. The van der Waals surface area contributed by atoms with E-state index in [2.05, 4.69) is 40.1 Å². The smallest absolute Gasteiger partial charge is 0.273 e. The number of carbonyl (C=O) groups is 1. The molecule has 2 heterocycles. The first-order chi connectivity index (χ1) is 11.6. The fourth-order valence-corrected chi connectivity index (χ4v) is 3.19. The van der Waals surface area contributed by atoms with Gasteiger partial charge in [0.25, 0.3) is 5.91 Å². The van der Waals surface area contributed by atoms with Crippen molar-refractivity contribution in [3.05, 3.63) is 71.4 Å². The van der Waals surface area contributed by atoms with Crippen molar-refractivity contribution in [1.29, 1.82) is 0 Å². The van der Waals surface area contributed by atoms with E-state index in [0.29, 0.717) is 12.1 Å². The van der Waals surface area contributed by atoms with Crippen molar-refractivity contribution in [3.63, 3.8) is 0 Å². The number of benzene rings is 2. The van der Waals surface area contributed by atoms with E-state index in [1.165, 1.54) is 10.9 Å². The topological polar surface area (TPSA) is 37.6 Å². The molecule has 120 valence electrons. The largest absolute Gasteiger partial charge is 0.351 e. The van der Waals surface area contributed by atoms with Gasteiger partial charge in [-0.15, -0.1) is 0 Å². The van der Waals surface area contributed by atoms with Gasteiger partial charge < -0.3 is 4.57 Å². The van der Waals surface area contributed by atoms with Gasteiger partial charge in [0.2, 0.25) is 0 Å². The monoisotopic (exact) mass is 317 g/mol. The molecule has 0 saturated heterocycles. The third-order valence-electron chi connectivity index (χ3n) is 4.52. The van der Waals surface area contributed by atoms with Crippen LogP contribution in [0.2, 0.25) is 0 Å². The maximum atomic E-state index is 12.6. The Labute approximate surface area is 141 Å². The number of hydrazone groups is 1. The molecule has 0 unspecified atom stereocenters. The van der Waals surface area contributed by atoms with Crippen LogP contribution < -0.4 is 0 Å². The van der Waals surface area contributed by atoms with Gasteiger partial charge in [0.05, 0.1) is 12.3 Å². The second-order valence-electron chi connectivity index (χ2n) is 6.29. The zero-order valence-corrected chi connectivity index (χ0v) is 13.9. The molecule has 0 fully saturated rings. The maximum Gasteiger partial charge on any atom is 0.273 e. The first kappa shape index (κ1) is 14.7. The number of rotatable bonds is 2. The molecular weight excluding hydrogens is 298 g/mol. The quantitative estimate of drug-likeness (QED) is 0.709. The molecule has 4 rings (SSSR count). The number of hydrogen-bond donors (Lipinski definition) is 0. The van der Waals surface area contributed by atoms with Crippen LogP contribution >= 0.6 is 0 Å². The highest BCUT2D eigenvalue weighted by Gasteiger charge is 2.23. The molecule has 1 aromatic heterocycles. The van der Waals surface area contributed by atoms with Crippen molar-refractivity contribution < 1.29 is 4.79 Å². The van der Waals surface area contributed by atoms with Crippen molar-refractivity contribution in [2.24, 2.45) is 12.1 Å². The lowest BCUT2D eigenvalue weighted by Gasteiger charge is -2.11. The van der Waals surface area contributed by atoms with E-state index in [1.807, 2.05) is 38.2 Å². The lowest BCUT2D eigenvalue weighted by molar-refractivity contribution is 0.0778. The molecule has 4 heteroatoms. The summed E-state index contributed by atoms with van der Waals surface area (Å²) in [4.78, 5) is 12.6. The minimum Gasteiger partial charge on any atom is -0.351 e. The second kappa shape index (κ2) is 5.64. The summed E-state index contributed by atoms with van der Waals surface area (Å²) in [5.74, 6) is -0.0329. The fourth-order valence-electron chi connectivity index (χ4n) is 3.19. The number of aryl methyl sites for hydroxylation is 2. The maximum absolute atomic E-state index is 12.6. The van der Waals surface area contributed by atoms with Crippen molar-refractivity contribution in [2.45, 2.75) is 13.3 Å². The second-order valence-corrected chi connectivity index (χ2v) is 6.29. The highest BCUT2D eigenvalue weighted by Crippen LogP contribution is 2.21. The van der Waals surface area contributed by atoms with Crippen molar-refractivity contribution >= 4 is 22.5 Å². The van der Waals surface area contributed by atoms with Crippen molar-refractivity contribution in [2.75, 3.05) is 6.54 Å². The molecule has 4 nitrogen and oxygen atoms in total. The van der Waals surface area contributed by atoms with Gasteiger partial charge in [-0.3, -0.25) is 4.79 Å². The van der Waals surface area contributed by atoms with Gasteiger partial charge in [0, 0.05) is 36.1 Å². The molecule has 0 spiro atoms. The van der Waals surface area contributed by atoms with Crippen LogP contribution in [0, 0.1) is 6.92 Å². The Hall–Kier alpha value is -2.88. The number of carbonyl (C=O) groups excluding carboxylic acids is 1. The van der Waals surface area contributed by atoms with E-state index >= 15 is 0 Å². The average molecular weight is 317 g/mol. The third-order valence-corrected chi connectivity index (χ3v) is 4.52. The normalized spacial score (nSPS) is 14.2. The summed E-state index contributed by atoms with van der Waals surface area (Å²) in [5, 5.41) is 7.35. The van der Waals surface area contributed by atoms with E-state index in [-0.39, 0.29) is 5.91 Å². The summed E-state index contributed by atoms with van der Waals surface area (Å²) in [6.07, 6.45) is 2.84. The first-order valence-electron chi connectivity index (χ1n) is 8.13. The molecule has 24 heavy (non-hydrogen) atoms.